The van der Waals surface area contributed by atoms with Gasteiger partial charge >= 0.3 is 18.2 Å². The molecule has 0 rings (SSSR count). The van der Waals surface area contributed by atoms with E-state index >= 15 is 0 Å². The third-order valence-electron chi connectivity index (χ3n) is 2.52. The average molecular weight is 298 g/mol. The highest BCUT2D eigenvalue weighted by Gasteiger charge is 2.30. The summed E-state index contributed by atoms with van der Waals surface area (Å²) < 4.78 is 36.1. The summed E-state index contributed by atoms with van der Waals surface area (Å²) in [4.78, 5) is 21.5. The summed E-state index contributed by atoms with van der Waals surface area (Å²) in [5.41, 5.74) is 0. The second kappa shape index (κ2) is 9.44. The van der Waals surface area contributed by atoms with Gasteiger partial charge in [-0.05, 0) is 19.8 Å². The van der Waals surface area contributed by atoms with Crippen molar-refractivity contribution in [3.8, 4) is 0 Å². The van der Waals surface area contributed by atoms with Crippen molar-refractivity contribution < 1.29 is 27.9 Å². The highest BCUT2D eigenvalue weighted by atomic mass is 19.4. The van der Waals surface area contributed by atoms with E-state index < -0.39 is 30.6 Å². The molecule has 118 valence electrons. The number of halogens is 3. The molecule has 0 bridgehead atoms. The first-order chi connectivity index (χ1) is 9.20. The molecule has 0 aromatic rings. The minimum Gasteiger partial charge on any atom is -0.481 e. The van der Waals surface area contributed by atoms with Gasteiger partial charge in [-0.25, -0.2) is 4.79 Å². The zero-order chi connectivity index (χ0) is 15.6. The first-order valence-electron chi connectivity index (χ1n) is 6.53. The van der Waals surface area contributed by atoms with Crippen molar-refractivity contribution in [2.24, 2.45) is 0 Å². The van der Waals surface area contributed by atoms with E-state index in [2.05, 4.69) is 10.6 Å². The quantitative estimate of drug-likeness (QED) is 0.573. The summed E-state index contributed by atoms with van der Waals surface area (Å²) in [6.45, 7) is 1.65. The predicted octanol–water partition coefficient (Wildman–Crippen LogP) is 2.66. The van der Waals surface area contributed by atoms with Crippen LogP contribution in [0.15, 0.2) is 0 Å². The molecule has 0 aliphatic carbocycles. The van der Waals surface area contributed by atoms with Crippen molar-refractivity contribution in [3.63, 3.8) is 0 Å². The lowest BCUT2D eigenvalue weighted by Gasteiger charge is -2.16. The van der Waals surface area contributed by atoms with Crippen molar-refractivity contribution in [1.82, 2.24) is 10.6 Å². The minimum atomic E-state index is -4.29. The van der Waals surface area contributed by atoms with Gasteiger partial charge in [0.15, 0.2) is 0 Å². The lowest BCUT2D eigenvalue weighted by atomic mass is 10.1. The van der Waals surface area contributed by atoms with E-state index in [-0.39, 0.29) is 6.42 Å². The largest absolute Gasteiger partial charge is 0.481 e. The van der Waals surface area contributed by atoms with Gasteiger partial charge in [-0.1, -0.05) is 12.8 Å². The van der Waals surface area contributed by atoms with Crippen LogP contribution in [0.5, 0.6) is 0 Å². The molecule has 2 amide bonds. The van der Waals surface area contributed by atoms with Gasteiger partial charge in [-0.15, -0.1) is 0 Å². The summed E-state index contributed by atoms with van der Waals surface area (Å²) in [5.74, 6) is -0.832. The Labute approximate surface area is 115 Å². The van der Waals surface area contributed by atoms with Gasteiger partial charge in [0.25, 0.3) is 0 Å². The van der Waals surface area contributed by atoms with Gasteiger partial charge in [0.2, 0.25) is 0 Å². The van der Waals surface area contributed by atoms with Crippen LogP contribution in [-0.4, -0.2) is 35.9 Å². The Bertz CT molecular complexity index is 309. The topological polar surface area (TPSA) is 78.4 Å². The van der Waals surface area contributed by atoms with Crippen LogP contribution in [0, 0.1) is 0 Å². The monoisotopic (exact) mass is 298 g/mol. The van der Waals surface area contributed by atoms with Gasteiger partial charge in [0.05, 0.1) is 6.42 Å². The SMILES string of the molecule is CC(CC(F)(F)F)NC(=O)NCCCCCCC(=O)O. The summed E-state index contributed by atoms with van der Waals surface area (Å²) >= 11 is 0. The fourth-order valence-electron chi connectivity index (χ4n) is 1.63. The Morgan fingerprint density at radius 1 is 1.15 bits per heavy atom. The molecule has 0 heterocycles. The van der Waals surface area contributed by atoms with Crippen LogP contribution in [0.3, 0.4) is 0 Å². The highest BCUT2D eigenvalue weighted by molar-refractivity contribution is 5.74. The second-order valence-corrected chi connectivity index (χ2v) is 4.68. The number of carbonyl (C=O) groups excluding carboxylic acids is 1. The number of nitrogens with one attached hydrogen (secondary N) is 2. The molecule has 0 saturated carbocycles. The van der Waals surface area contributed by atoms with Gasteiger partial charge < -0.3 is 15.7 Å². The van der Waals surface area contributed by atoms with E-state index in [1.54, 1.807) is 0 Å². The van der Waals surface area contributed by atoms with Crippen molar-refractivity contribution in [2.45, 2.75) is 57.7 Å². The molecule has 8 heteroatoms. The third-order valence-corrected chi connectivity index (χ3v) is 2.52. The van der Waals surface area contributed by atoms with E-state index in [0.717, 1.165) is 12.8 Å². The van der Waals surface area contributed by atoms with Crippen LogP contribution in [0.2, 0.25) is 0 Å². The van der Waals surface area contributed by atoms with Gasteiger partial charge in [0.1, 0.15) is 0 Å². The maximum Gasteiger partial charge on any atom is 0.391 e. The Morgan fingerprint density at radius 2 is 1.75 bits per heavy atom. The first kappa shape index (κ1) is 18.5. The molecule has 0 aliphatic heterocycles. The maximum atomic E-state index is 12.0. The number of carboxylic acids is 1. The number of unbranched alkanes of at least 4 members (excludes halogenated alkanes) is 3. The fraction of sp³-hybridized carbons (Fsp3) is 0.833. The first-order valence-corrected chi connectivity index (χ1v) is 6.53. The molecule has 0 aromatic carbocycles. The molecule has 0 fully saturated rings. The van der Waals surface area contributed by atoms with E-state index in [1.165, 1.54) is 6.92 Å². The molecule has 0 spiro atoms. The van der Waals surface area contributed by atoms with Crippen molar-refractivity contribution in [1.29, 1.82) is 0 Å². The molecular weight excluding hydrogens is 277 g/mol. The van der Waals surface area contributed by atoms with E-state index in [4.69, 9.17) is 5.11 Å². The number of carbonyl (C=O) groups is 2. The highest BCUT2D eigenvalue weighted by Crippen LogP contribution is 2.21. The Morgan fingerprint density at radius 3 is 2.30 bits per heavy atom. The second-order valence-electron chi connectivity index (χ2n) is 4.68. The van der Waals surface area contributed by atoms with Crippen LogP contribution in [-0.2, 0) is 4.79 Å². The van der Waals surface area contributed by atoms with Crippen molar-refractivity contribution >= 4 is 12.0 Å². The predicted molar refractivity (Wildman–Crippen MR) is 67.4 cm³/mol. The lowest BCUT2D eigenvalue weighted by molar-refractivity contribution is -0.138. The number of hydrogen-bond donors (Lipinski definition) is 3. The molecule has 3 N–H and O–H groups in total. The third kappa shape index (κ3) is 13.0. The van der Waals surface area contributed by atoms with Gasteiger partial charge in [-0.2, -0.15) is 13.2 Å². The van der Waals surface area contributed by atoms with E-state index in [1.807, 2.05) is 0 Å². The zero-order valence-electron chi connectivity index (χ0n) is 11.4. The van der Waals surface area contributed by atoms with Crippen molar-refractivity contribution in [3.05, 3.63) is 0 Å². The Hall–Kier alpha value is -1.47. The average Bonchev–Trinajstić information content (AvgIpc) is 2.24. The molecule has 1 unspecified atom stereocenters. The smallest absolute Gasteiger partial charge is 0.391 e. The number of hydrogen-bond acceptors (Lipinski definition) is 2. The number of carboxylic acid groups (broad SMARTS) is 1. The molecule has 20 heavy (non-hydrogen) atoms. The fourth-order valence-corrected chi connectivity index (χ4v) is 1.63. The van der Waals surface area contributed by atoms with Gasteiger partial charge in [-0.3, -0.25) is 4.79 Å². The lowest BCUT2D eigenvalue weighted by Crippen LogP contribution is -2.42. The number of amides is 2. The normalized spacial score (nSPS) is 12.8. The van der Waals surface area contributed by atoms with Gasteiger partial charge in [0, 0.05) is 19.0 Å². The Balaban J connectivity index is 3.52. The summed E-state index contributed by atoms with van der Waals surface area (Å²) in [6, 6.07) is -1.59. The van der Waals surface area contributed by atoms with Crippen LogP contribution in [0.4, 0.5) is 18.0 Å². The number of rotatable bonds is 9. The minimum absolute atomic E-state index is 0.128. The van der Waals surface area contributed by atoms with Crippen LogP contribution in [0.25, 0.3) is 0 Å². The number of urea groups is 1. The van der Waals surface area contributed by atoms with E-state index in [9.17, 15) is 22.8 Å². The maximum absolute atomic E-state index is 12.0. The summed E-state index contributed by atoms with van der Waals surface area (Å²) in [7, 11) is 0. The van der Waals surface area contributed by atoms with E-state index in [0.29, 0.717) is 19.4 Å². The van der Waals surface area contributed by atoms with Crippen LogP contribution in [0.1, 0.15) is 45.4 Å². The molecule has 5 nitrogen and oxygen atoms in total. The van der Waals surface area contributed by atoms with Crippen LogP contribution >= 0.6 is 0 Å². The number of alkyl halides is 3. The standard InChI is InChI=1S/C12H21F3N2O3/c1-9(8-12(13,14)15)17-11(20)16-7-5-3-2-4-6-10(18)19/h9H,2-8H2,1H3,(H,18,19)(H2,16,17,20). The molecule has 1 atom stereocenters. The van der Waals surface area contributed by atoms with Crippen molar-refractivity contribution in [2.75, 3.05) is 6.54 Å². The molecular formula is C12H21F3N2O3. The molecule has 0 aromatic heterocycles. The number of aliphatic carboxylic acids is 1. The summed E-state index contributed by atoms with van der Waals surface area (Å²) in [6.07, 6.45) is -2.45. The molecule has 0 radical (unpaired) electrons. The molecule has 0 aliphatic rings. The van der Waals surface area contributed by atoms with Crippen LogP contribution < -0.4 is 10.6 Å². The molecule has 0 saturated heterocycles. The summed E-state index contributed by atoms with van der Waals surface area (Å²) in [5, 5.41) is 13.1. The Kier molecular flexibility index (Phi) is 8.74. The zero-order valence-corrected chi connectivity index (χ0v) is 11.4.